The van der Waals surface area contributed by atoms with Gasteiger partial charge in [-0.25, -0.2) is 9.97 Å². The standard InChI is InChI=1S/C17H18N4O.C5H8O/c1-4-6-11(3)13(5-2)15-7-12-8-16(20-10-22)19-9-14(12)17(18)21-15;1-4-2-6-3-5(1)4/h4-10H,2H2,1,3H3,(H2,18,21)(H,19,20,22);4-5H,1-3H2/b6-4-,13-11+;. The lowest BCUT2D eigenvalue weighted by atomic mass is 10.0. The Morgan fingerprint density at radius 1 is 1.36 bits per heavy atom. The molecule has 1 aliphatic heterocycles. The van der Waals surface area contributed by atoms with Crippen LogP contribution in [0.3, 0.4) is 0 Å². The largest absolute Gasteiger partial charge is 0.383 e. The monoisotopic (exact) mass is 378 g/mol. The molecule has 2 unspecified atom stereocenters. The van der Waals surface area contributed by atoms with Crippen molar-refractivity contribution in [3.05, 3.63) is 54.4 Å². The Labute approximate surface area is 165 Å². The molecule has 4 rings (SSSR count). The van der Waals surface area contributed by atoms with Crippen LogP contribution in [-0.2, 0) is 9.53 Å². The van der Waals surface area contributed by atoms with E-state index in [-0.39, 0.29) is 0 Å². The topological polar surface area (TPSA) is 90.1 Å². The van der Waals surface area contributed by atoms with Crippen LogP contribution in [-0.4, -0.2) is 29.6 Å². The number of hydrogen-bond donors (Lipinski definition) is 2. The van der Waals surface area contributed by atoms with Crippen molar-refractivity contribution in [3.63, 3.8) is 0 Å². The highest BCUT2D eigenvalue weighted by Gasteiger charge is 2.41. The fourth-order valence-electron chi connectivity index (χ4n) is 3.35. The molecule has 146 valence electrons. The van der Waals surface area contributed by atoms with E-state index in [0.29, 0.717) is 18.0 Å². The van der Waals surface area contributed by atoms with E-state index in [1.165, 1.54) is 6.42 Å². The van der Waals surface area contributed by atoms with Gasteiger partial charge in [-0.05, 0) is 55.2 Å². The number of anilines is 2. The van der Waals surface area contributed by atoms with Gasteiger partial charge in [0.05, 0.1) is 5.69 Å². The van der Waals surface area contributed by atoms with Crippen LogP contribution < -0.4 is 11.1 Å². The lowest BCUT2D eigenvalue weighted by molar-refractivity contribution is -0.105. The molecule has 6 nitrogen and oxygen atoms in total. The number of ether oxygens (including phenoxy) is 1. The maximum atomic E-state index is 10.5. The zero-order chi connectivity index (χ0) is 20.1. The predicted molar refractivity (Wildman–Crippen MR) is 114 cm³/mol. The fourth-order valence-corrected chi connectivity index (χ4v) is 3.35. The molecule has 28 heavy (non-hydrogen) atoms. The number of amides is 1. The second-order valence-corrected chi connectivity index (χ2v) is 7.04. The van der Waals surface area contributed by atoms with E-state index in [9.17, 15) is 4.79 Å². The SMILES string of the molecule is C1OCC2CC12.C=C/C(=C(C)\C=C/C)c1cc2cc(NC=O)ncc2c(N)n1. The van der Waals surface area contributed by atoms with Crippen molar-refractivity contribution in [2.75, 3.05) is 24.3 Å². The quantitative estimate of drug-likeness (QED) is 0.607. The Balaban J connectivity index is 0.000000311. The molecule has 6 heteroatoms. The van der Waals surface area contributed by atoms with Gasteiger partial charge in [-0.15, -0.1) is 0 Å². The van der Waals surface area contributed by atoms with Gasteiger partial charge in [0.2, 0.25) is 6.41 Å². The molecule has 1 amide bonds. The van der Waals surface area contributed by atoms with Crippen LogP contribution in [0.15, 0.2) is 48.7 Å². The second kappa shape index (κ2) is 8.80. The highest BCUT2D eigenvalue weighted by molar-refractivity contribution is 5.95. The molecule has 3 heterocycles. The number of nitrogens with one attached hydrogen (secondary N) is 1. The lowest BCUT2D eigenvalue weighted by Crippen LogP contribution is -2.00. The summed E-state index contributed by atoms with van der Waals surface area (Å²) in [6.07, 6.45) is 9.35. The first-order valence-electron chi connectivity index (χ1n) is 9.38. The summed E-state index contributed by atoms with van der Waals surface area (Å²) >= 11 is 0. The van der Waals surface area contributed by atoms with Crippen LogP contribution in [0, 0.1) is 11.8 Å². The van der Waals surface area contributed by atoms with E-state index in [2.05, 4.69) is 21.9 Å². The van der Waals surface area contributed by atoms with Crippen molar-refractivity contribution in [2.24, 2.45) is 11.8 Å². The highest BCUT2D eigenvalue weighted by Crippen LogP contribution is 2.43. The van der Waals surface area contributed by atoms with Crippen molar-refractivity contribution >= 4 is 34.4 Å². The summed E-state index contributed by atoms with van der Waals surface area (Å²) in [5, 5.41) is 4.13. The number of aromatic nitrogens is 2. The molecule has 0 aromatic carbocycles. The number of nitrogens with zero attached hydrogens (tertiary/aromatic N) is 2. The Hall–Kier alpha value is -2.99. The average molecular weight is 378 g/mol. The summed E-state index contributed by atoms with van der Waals surface area (Å²) in [7, 11) is 0. The van der Waals surface area contributed by atoms with E-state index in [1.54, 1.807) is 18.3 Å². The minimum Gasteiger partial charge on any atom is -0.383 e. The van der Waals surface area contributed by atoms with Gasteiger partial charge in [0.1, 0.15) is 11.6 Å². The van der Waals surface area contributed by atoms with Crippen LogP contribution >= 0.6 is 0 Å². The molecule has 1 saturated carbocycles. The van der Waals surface area contributed by atoms with Crippen LogP contribution in [0.1, 0.15) is 26.0 Å². The van der Waals surface area contributed by atoms with Gasteiger partial charge >= 0.3 is 0 Å². The summed E-state index contributed by atoms with van der Waals surface area (Å²) < 4.78 is 5.11. The molecule has 2 fully saturated rings. The molecular formula is C22H26N4O2. The molecule has 2 aromatic heterocycles. The Kier molecular flexibility index (Phi) is 6.21. The zero-order valence-corrected chi connectivity index (χ0v) is 16.3. The van der Waals surface area contributed by atoms with Gasteiger partial charge in [-0.2, -0.15) is 0 Å². The number of carbonyl (C=O) groups excluding carboxylic acids is 1. The molecule has 1 aliphatic carbocycles. The maximum Gasteiger partial charge on any atom is 0.212 e. The van der Waals surface area contributed by atoms with E-state index in [4.69, 9.17) is 10.5 Å². The molecule has 0 spiro atoms. The maximum absolute atomic E-state index is 10.5. The number of nitrogens with two attached hydrogens (primary N) is 1. The molecule has 3 N–H and O–H groups in total. The van der Waals surface area contributed by atoms with Gasteiger partial charge < -0.3 is 15.8 Å². The van der Waals surface area contributed by atoms with Crippen LogP contribution in [0.5, 0.6) is 0 Å². The van der Waals surface area contributed by atoms with E-state index < -0.39 is 0 Å². The number of carbonyl (C=O) groups is 1. The van der Waals surface area contributed by atoms with Crippen LogP contribution in [0.25, 0.3) is 16.3 Å². The third-order valence-electron chi connectivity index (χ3n) is 5.01. The Morgan fingerprint density at radius 3 is 2.64 bits per heavy atom. The molecule has 1 saturated heterocycles. The third kappa shape index (κ3) is 4.46. The summed E-state index contributed by atoms with van der Waals surface area (Å²) in [4.78, 5) is 19.1. The molecule has 2 aliphatic rings. The van der Waals surface area contributed by atoms with Crippen molar-refractivity contribution in [2.45, 2.75) is 20.3 Å². The summed E-state index contributed by atoms with van der Waals surface area (Å²) in [6.45, 7) is 9.92. The fraction of sp³-hybridized carbons (Fsp3) is 0.318. The summed E-state index contributed by atoms with van der Waals surface area (Å²) in [5.74, 6) is 2.84. The van der Waals surface area contributed by atoms with Crippen molar-refractivity contribution in [3.8, 4) is 0 Å². The Bertz CT molecular complexity index is 941. The zero-order valence-electron chi connectivity index (χ0n) is 16.3. The summed E-state index contributed by atoms with van der Waals surface area (Å²) in [5.41, 5.74) is 8.72. The predicted octanol–water partition coefficient (Wildman–Crippen LogP) is 3.97. The van der Waals surface area contributed by atoms with Crippen molar-refractivity contribution < 1.29 is 9.53 Å². The van der Waals surface area contributed by atoms with E-state index in [1.807, 2.05) is 32.1 Å². The normalized spacial score (nSPS) is 20.8. The second-order valence-electron chi connectivity index (χ2n) is 7.04. The lowest BCUT2D eigenvalue weighted by Gasteiger charge is -2.09. The first-order valence-corrected chi connectivity index (χ1v) is 9.38. The molecule has 2 atom stereocenters. The van der Waals surface area contributed by atoms with Gasteiger partial charge in [0.15, 0.2) is 0 Å². The number of hydrogen-bond acceptors (Lipinski definition) is 5. The number of fused-ring (bicyclic) bond motifs is 2. The minimum absolute atomic E-state index is 0.394. The highest BCUT2D eigenvalue weighted by atomic mass is 16.5. The van der Waals surface area contributed by atoms with Crippen LogP contribution in [0.4, 0.5) is 11.6 Å². The van der Waals surface area contributed by atoms with Crippen molar-refractivity contribution in [1.82, 2.24) is 9.97 Å². The number of nitrogen functional groups attached to an aromatic ring is 1. The number of allylic oxidation sites excluding steroid dienone is 5. The number of rotatable bonds is 5. The first kappa shape index (κ1) is 19.8. The first-order chi connectivity index (χ1) is 13.6. The van der Waals surface area contributed by atoms with E-state index in [0.717, 1.165) is 52.7 Å². The smallest absolute Gasteiger partial charge is 0.212 e. The van der Waals surface area contributed by atoms with Gasteiger partial charge in [-0.1, -0.05) is 24.8 Å². The molecule has 0 radical (unpaired) electrons. The van der Waals surface area contributed by atoms with Crippen LogP contribution in [0.2, 0.25) is 0 Å². The molecule has 0 bridgehead atoms. The molecular weight excluding hydrogens is 352 g/mol. The number of pyridine rings is 2. The third-order valence-corrected chi connectivity index (χ3v) is 5.01. The van der Waals surface area contributed by atoms with Gasteiger partial charge in [-0.3, -0.25) is 4.79 Å². The average Bonchev–Trinajstić information content (AvgIpc) is 3.28. The van der Waals surface area contributed by atoms with E-state index >= 15 is 0 Å². The minimum atomic E-state index is 0.394. The Morgan fingerprint density at radius 2 is 2.11 bits per heavy atom. The van der Waals surface area contributed by atoms with Gasteiger partial charge in [0, 0.05) is 30.4 Å². The molecule has 2 aromatic rings. The van der Waals surface area contributed by atoms with Crippen molar-refractivity contribution in [1.29, 1.82) is 0 Å². The summed E-state index contributed by atoms with van der Waals surface area (Å²) in [6, 6.07) is 3.67. The van der Waals surface area contributed by atoms with Gasteiger partial charge in [0.25, 0.3) is 0 Å².